The summed E-state index contributed by atoms with van der Waals surface area (Å²) >= 11 is 1.67. The van der Waals surface area contributed by atoms with Crippen LogP contribution in [0.15, 0.2) is 11.7 Å². The molecular weight excluding hydrogens is 204 g/mol. The first-order chi connectivity index (χ1) is 7.06. The molecule has 0 atom stereocenters. The van der Waals surface area contributed by atoms with Gasteiger partial charge in [-0.25, -0.2) is 4.98 Å². The molecule has 2 nitrogen and oxygen atoms in total. The Morgan fingerprint density at radius 1 is 1.47 bits per heavy atom. The number of thiazole rings is 1. The molecule has 2 aromatic rings. The zero-order chi connectivity index (χ0) is 10.9. The van der Waals surface area contributed by atoms with E-state index >= 15 is 0 Å². The minimum atomic E-state index is 0.0864. The van der Waals surface area contributed by atoms with Crippen LogP contribution in [0.3, 0.4) is 0 Å². The number of H-pyrrole nitrogens is 1. The smallest absolute Gasteiger partial charge is 0.148 e. The second kappa shape index (κ2) is 3.71. The molecule has 0 bridgehead atoms. The molecule has 2 rings (SSSR count). The van der Waals surface area contributed by atoms with E-state index in [9.17, 15) is 0 Å². The van der Waals surface area contributed by atoms with E-state index in [2.05, 4.69) is 42.6 Å². The molecule has 2 heterocycles. The predicted molar refractivity (Wildman–Crippen MR) is 64.9 cm³/mol. The van der Waals surface area contributed by atoms with Gasteiger partial charge in [0.2, 0.25) is 0 Å². The van der Waals surface area contributed by atoms with E-state index in [1.165, 1.54) is 10.3 Å². The van der Waals surface area contributed by atoms with E-state index in [-0.39, 0.29) is 5.41 Å². The van der Waals surface area contributed by atoms with Crippen LogP contribution in [0.25, 0.3) is 10.3 Å². The SMILES string of the molecule is CC(C)(C)C#CCc1c[nH]c2ncsc12. The Morgan fingerprint density at radius 2 is 2.27 bits per heavy atom. The van der Waals surface area contributed by atoms with Gasteiger partial charge in [0.05, 0.1) is 10.2 Å². The Bertz CT molecular complexity index is 517. The average molecular weight is 218 g/mol. The van der Waals surface area contributed by atoms with Gasteiger partial charge >= 0.3 is 0 Å². The van der Waals surface area contributed by atoms with Crippen LogP contribution in [0.5, 0.6) is 0 Å². The third kappa shape index (κ3) is 2.40. The lowest BCUT2D eigenvalue weighted by Gasteiger charge is -2.06. The normalized spacial score (nSPS) is 11.4. The van der Waals surface area contributed by atoms with E-state index in [0.717, 1.165) is 12.1 Å². The highest BCUT2D eigenvalue weighted by Crippen LogP contribution is 2.21. The molecule has 0 aliphatic heterocycles. The van der Waals surface area contributed by atoms with E-state index in [1.807, 2.05) is 11.7 Å². The van der Waals surface area contributed by atoms with Crippen LogP contribution >= 0.6 is 11.3 Å². The Morgan fingerprint density at radius 3 is 3.00 bits per heavy atom. The van der Waals surface area contributed by atoms with Gasteiger partial charge in [0.15, 0.2) is 0 Å². The van der Waals surface area contributed by atoms with Gasteiger partial charge in [-0.05, 0) is 20.8 Å². The molecule has 0 radical (unpaired) electrons. The molecular formula is C12H14N2S. The summed E-state index contributed by atoms with van der Waals surface area (Å²) in [6.45, 7) is 6.37. The van der Waals surface area contributed by atoms with Crippen molar-refractivity contribution in [2.75, 3.05) is 0 Å². The first-order valence-corrected chi connectivity index (χ1v) is 5.84. The fraction of sp³-hybridized carbons (Fsp3) is 0.417. The molecule has 0 saturated heterocycles. The zero-order valence-electron chi connectivity index (χ0n) is 9.22. The van der Waals surface area contributed by atoms with Crippen molar-refractivity contribution >= 4 is 21.7 Å². The first-order valence-electron chi connectivity index (χ1n) is 4.96. The van der Waals surface area contributed by atoms with Gasteiger partial charge in [-0.1, -0.05) is 11.8 Å². The highest BCUT2D eigenvalue weighted by molar-refractivity contribution is 7.16. The van der Waals surface area contributed by atoms with Crippen LogP contribution in [-0.4, -0.2) is 9.97 Å². The molecule has 0 fully saturated rings. The van der Waals surface area contributed by atoms with E-state index in [4.69, 9.17) is 0 Å². The second-order valence-electron chi connectivity index (χ2n) is 4.57. The highest BCUT2D eigenvalue weighted by atomic mass is 32.1. The lowest BCUT2D eigenvalue weighted by Crippen LogP contribution is -1.99. The molecule has 0 saturated carbocycles. The van der Waals surface area contributed by atoms with Gasteiger partial charge in [-0.2, -0.15) is 0 Å². The van der Waals surface area contributed by atoms with Gasteiger partial charge in [-0.15, -0.1) is 11.3 Å². The van der Waals surface area contributed by atoms with Crippen molar-refractivity contribution in [3.8, 4) is 11.8 Å². The van der Waals surface area contributed by atoms with Crippen LogP contribution in [-0.2, 0) is 6.42 Å². The van der Waals surface area contributed by atoms with Gasteiger partial charge in [0.1, 0.15) is 5.65 Å². The number of aromatic amines is 1. The van der Waals surface area contributed by atoms with Gasteiger partial charge in [0, 0.05) is 23.6 Å². The van der Waals surface area contributed by atoms with E-state index < -0.39 is 0 Å². The largest absolute Gasteiger partial charge is 0.345 e. The zero-order valence-corrected chi connectivity index (χ0v) is 10.0. The summed E-state index contributed by atoms with van der Waals surface area (Å²) in [6, 6.07) is 0. The van der Waals surface area contributed by atoms with Crippen molar-refractivity contribution in [1.29, 1.82) is 0 Å². The topological polar surface area (TPSA) is 28.7 Å². The van der Waals surface area contributed by atoms with Gasteiger partial charge in [0.25, 0.3) is 0 Å². The number of aromatic nitrogens is 2. The standard InChI is InChI=1S/C12H14N2S/c1-12(2,3)6-4-5-9-7-13-11-10(9)15-8-14-11/h7-8,13H,5H2,1-3H3. The summed E-state index contributed by atoms with van der Waals surface area (Å²) in [5.74, 6) is 6.46. The molecule has 0 aliphatic rings. The Hall–Kier alpha value is -1.27. The third-order valence-corrected chi connectivity index (χ3v) is 2.89. The van der Waals surface area contributed by atoms with Crippen LogP contribution < -0.4 is 0 Å². The van der Waals surface area contributed by atoms with Crippen molar-refractivity contribution in [1.82, 2.24) is 9.97 Å². The summed E-state index contributed by atoms with van der Waals surface area (Å²) in [6.07, 6.45) is 2.81. The summed E-state index contributed by atoms with van der Waals surface area (Å²) in [5, 5.41) is 0. The van der Waals surface area contributed by atoms with E-state index in [1.54, 1.807) is 11.3 Å². The quantitative estimate of drug-likeness (QED) is 0.731. The van der Waals surface area contributed by atoms with Gasteiger partial charge < -0.3 is 4.98 Å². The second-order valence-corrected chi connectivity index (χ2v) is 5.43. The van der Waals surface area contributed by atoms with Gasteiger partial charge in [-0.3, -0.25) is 0 Å². The van der Waals surface area contributed by atoms with Crippen LogP contribution in [0, 0.1) is 17.3 Å². The number of nitrogens with one attached hydrogen (secondary N) is 1. The summed E-state index contributed by atoms with van der Waals surface area (Å²) in [5.41, 5.74) is 4.18. The minimum absolute atomic E-state index is 0.0864. The first kappa shape index (κ1) is 10.3. The molecule has 0 unspecified atom stereocenters. The maximum atomic E-state index is 4.21. The van der Waals surface area contributed by atoms with Crippen LogP contribution in [0.4, 0.5) is 0 Å². The molecule has 78 valence electrons. The number of hydrogen-bond acceptors (Lipinski definition) is 2. The molecule has 15 heavy (non-hydrogen) atoms. The molecule has 1 N–H and O–H groups in total. The van der Waals surface area contributed by atoms with E-state index in [0.29, 0.717) is 0 Å². The highest BCUT2D eigenvalue weighted by Gasteiger charge is 2.05. The minimum Gasteiger partial charge on any atom is -0.345 e. The summed E-state index contributed by atoms with van der Waals surface area (Å²) in [4.78, 5) is 7.36. The fourth-order valence-electron chi connectivity index (χ4n) is 1.33. The molecule has 3 heteroatoms. The van der Waals surface area contributed by atoms with Crippen LogP contribution in [0.2, 0.25) is 0 Å². The molecule has 0 aromatic carbocycles. The number of fused-ring (bicyclic) bond motifs is 1. The van der Waals surface area contributed by atoms with Crippen molar-refractivity contribution < 1.29 is 0 Å². The van der Waals surface area contributed by atoms with Crippen LogP contribution in [0.1, 0.15) is 26.3 Å². The number of nitrogens with zero attached hydrogens (tertiary/aromatic N) is 1. The molecule has 0 aliphatic carbocycles. The number of rotatable bonds is 1. The van der Waals surface area contributed by atoms with Crippen molar-refractivity contribution in [2.24, 2.45) is 5.41 Å². The molecule has 0 spiro atoms. The third-order valence-electron chi connectivity index (χ3n) is 1.98. The Labute approximate surface area is 93.7 Å². The van der Waals surface area contributed by atoms with Crippen molar-refractivity contribution in [3.63, 3.8) is 0 Å². The lowest BCUT2D eigenvalue weighted by atomic mass is 9.98. The monoisotopic (exact) mass is 218 g/mol. The Balaban J connectivity index is 2.19. The lowest BCUT2D eigenvalue weighted by molar-refractivity contribution is 0.570. The van der Waals surface area contributed by atoms with Crippen molar-refractivity contribution in [3.05, 3.63) is 17.3 Å². The maximum Gasteiger partial charge on any atom is 0.148 e. The van der Waals surface area contributed by atoms with Crippen molar-refractivity contribution in [2.45, 2.75) is 27.2 Å². The fourth-order valence-corrected chi connectivity index (χ4v) is 2.10. The average Bonchev–Trinajstić information content (AvgIpc) is 2.66. The number of hydrogen-bond donors (Lipinski definition) is 1. The summed E-state index contributed by atoms with van der Waals surface area (Å²) < 4.78 is 1.23. The molecule has 2 aromatic heterocycles. The summed E-state index contributed by atoms with van der Waals surface area (Å²) in [7, 11) is 0. The molecule has 0 amide bonds. The predicted octanol–water partition coefficient (Wildman–Crippen LogP) is 3.22. The maximum absolute atomic E-state index is 4.21. The Kier molecular flexibility index (Phi) is 2.54.